The Bertz CT molecular complexity index is 387. The topological polar surface area (TPSA) is 94.8 Å². The van der Waals surface area contributed by atoms with Crippen molar-refractivity contribution in [1.82, 2.24) is 0 Å². The lowest BCUT2D eigenvalue weighted by Gasteiger charge is -2.08. The summed E-state index contributed by atoms with van der Waals surface area (Å²) >= 11 is 0. The summed E-state index contributed by atoms with van der Waals surface area (Å²) in [5.41, 5.74) is 0.118. The Labute approximate surface area is 85.6 Å². The SMILES string of the molecule is Cc1cc(C(=O)O)c(CO)c(C(=O)O)c1. The third kappa shape index (κ3) is 2.13. The second kappa shape index (κ2) is 4.10. The number of aryl methyl sites for hydroxylation is 1. The van der Waals surface area contributed by atoms with Crippen LogP contribution < -0.4 is 0 Å². The number of hydrogen-bond acceptors (Lipinski definition) is 3. The molecule has 0 aliphatic carbocycles. The summed E-state index contributed by atoms with van der Waals surface area (Å²) in [5.74, 6) is -2.49. The van der Waals surface area contributed by atoms with Crippen molar-refractivity contribution >= 4 is 11.9 Å². The maximum absolute atomic E-state index is 10.8. The molecule has 0 bridgehead atoms. The van der Waals surface area contributed by atoms with Crippen LogP contribution in [-0.2, 0) is 6.61 Å². The molecule has 0 spiro atoms. The van der Waals surface area contributed by atoms with Crippen LogP contribution in [0.3, 0.4) is 0 Å². The minimum atomic E-state index is -1.25. The van der Waals surface area contributed by atoms with Crippen LogP contribution >= 0.6 is 0 Å². The zero-order valence-corrected chi connectivity index (χ0v) is 8.02. The minimum absolute atomic E-state index is 0.0689. The molecule has 0 amide bonds. The first-order valence-electron chi connectivity index (χ1n) is 4.18. The summed E-state index contributed by atoms with van der Waals surface area (Å²) in [7, 11) is 0. The Morgan fingerprint density at radius 2 is 1.53 bits per heavy atom. The number of carboxylic acids is 2. The van der Waals surface area contributed by atoms with Gasteiger partial charge in [-0.1, -0.05) is 0 Å². The van der Waals surface area contributed by atoms with Crippen LogP contribution in [0.1, 0.15) is 31.8 Å². The molecule has 1 rings (SSSR count). The lowest BCUT2D eigenvalue weighted by Crippen LogP contribution is -2.10. The highest BCUT2D eigenvalue weighted by atomic mass is 16.4. The average molecular weight is 210 g/mol. The Kier molecular flexibility index (Phi) is 3.06. The van der Waals surface area contributed by atoms with Gasteiger partial charge in [0.25, 0.3) is 0 Å². The Morgan fingerprint density at radius 1 is 1.13 bits per heavy atom. The van der Waals surface area contributed by atoms with E-state index in [1.165, 1.54) is 12.1 Å². The fraction of sp³-hybridized carbons (Fsp3) is 0.200. The molecule has 0 heterocycles. The maximum atomic E-state index is 10.8. The van der Waals surface area contributed by atoms with E-state index in [1.54, 1.807) is 6.92 Å². The van der Waals surface area contributed by atoms with E-state index < -0.39 is 18.5 Å². The summed E-state index contributed by atoms with van der Waals surface area (Å²) in [6.45, 7) is 0.990. The minimum Gasteiger partial charge on any atom is -0.478 e. The number of carboxylic acid groups (broad SMARTS) is 2. The van der Waals surface area contributed by atoms with Gasteiger partial charge in [0.1, 0.15) is 0 Å². The molecule has 0 aliphatic heterocycles. The van der Waals surface area contributed by atoms with E-state index >= 15 is 0 Å². The van der Waals surface area contributed by atoms with Crippen LogP contribution in [0.4, 0.5) is 0 Å². The standard InChI is InChI=1S/C10H10O5/c1-5-2-6(9(12)13)8(4-11)7(3-5)10(14)15/h2-3,11H,4H2,1H3,(H,12,13)(H,14,15). The normalized spacial score (nSPS) is 10.0. The lowest BCUT2D eigenvalue weighted by atomic mass is 9.98. The molecule has 0 aromatic heterocycles. The first-order valence-corrected chi connectivity index (χ1v) is 4.18. The predicted molar refractivity (Wildman–Crippen MR) is 51.0 cm³/mol. The van der Waals surface area contributed by atoms with Gasteiger partial charge < -0.3 is 15.3 Å². The Morgan fingerprint density at radius 3 is 1.80 bits per heavy atom. The summed E-state index contributed by atoms with van der Waals surface area (Å²) in [4.78, 5) is 21.6. The van der Waals surface area contributed by atoms with Crippen LogP contribution in [-0.4, -0.2) is 27.3 Å². The summed E-state index contributed by atoms with van der Waals surface area (Å²) in [5, 5.41) is 26.6. The first kappa shape index (κ1) is 11.2. The molecule has 0 aliphatic rings. The number of aliphatic hydroxyl groups is 1. The van der Waals surface area contributed by atoms with Gasteiger partial charge in [-0.25, -0.2) is 9.59 Å². The second-order valence-electron chi connectivity index (χ2n) is 3.11. The van der Waals surface area contributed by atoms with Crippen molar-refractivity contribution in [2.24, 2.45) is 0 Å². The largest absolute Gasteiger partial charge is 0.478 e. The Balaban J connectivity index is 3.52. The van der Waals surface area contributed by atoms with Gasteiger partial charge in [-0.3, -0.25) is 0 Å². The molecule has 0 unspecified atom stereocenters. The highest BCUT2D eigenvalue weighted by molar-refractivity contribution is 5.96. The van der Waals surface area contributed by atoms with Crippen molar-refractivity contribution in [3.05, 3.63) is 34.4 Å². The van der Waals surface area contributed by atoms with Crippen LogP contribution in [0.2, 0.25) is 0 Å². The average Bonchev–Trinajstić information content (AvgIpc) is 2.16. The number of hydrogen-bond donors (Lipinski definition) is 3. The summed E-state index contributed by atoms with van der Waals surface area (Å²) in [6.07, 6.45) is 0. The molecule has 0 radical (unpaired) electrons. The molecule has 5 nitrogen and oxygen atoms in total. The van der Waals surface area contributed by atoms with Crippen molar-refractivity contribution in [1.29, 1.82) is 0 Å². The highest BCUT2D eigenvalue weighted by Crippen LogP contribution is 2.18. The monoisotopic (exact) mass is 210 g/mol. The molecule has 0 saturated carbocycles. The molecule has 80 valence electrons. The Hall–Kier alpha value is -1.88. The number of aromatic carboxylic acids is 2. The molecular weight excluding hydrogens is 200 g/mol. The highest BCUT2D eigenvalue weighted by Gasteiger charge is 2.18. The molecular formula is C10H10O5. The zero-order valence-electron chi connectivity index (χ0n) is 8.02. The van der Waals surface area contributed by atoms with Crippen molar-refractivity contribution in [2.45, 2.75) is 13.5 Å². The van der Waals surface area contributed by atoms with Gasteiger partial charge in [-0.15, -0.1) is 0 Å². The van der Waals surface area contributed by atoms with Crippen LogP contribution in [0.15, 0.2) is 12.1 Å². The molecule has 0 atom stereocenters. The quantitative estimate of drug-likeness (QED) is 0.688. The van der Waals surface area contributed by atoms with E-state index in [4.69, 9.17) is 15.3 Å². The number of carbonyl (C=O) groups is 2. The second-order valence-corrected chi connectivity index (χ2v) is 3.11. The molecule has 1 aromatic carbocycles. The predicted octanol–water partition coefficient (Wildman–Crippen LogP) is 0.884. The summed E-state index contributed by atoms with van der Waals surface area (Å²) < 4.78 is 0. The van der Waals surface area contributed by atoms with E-state index in [1.807, 2.05) is 0 Å². The van der Waals surface area contributed by atoms with Crippen LogP contribution in [0.5, 0.6) is 0 Å². The van der Waals surface area contributed by atoms with E-state index in [2.05, 4.69) is 0 Å². The van der Waals surface area contributed by atoms with Gasteiger partial charge in [0.2, 0.25) is 0 Å². The third-order valence-corrected chi connectivity index (χ3v) is 2.01. The van der Waals surface area contributed by atoms with E-state index in [9.17, 15) is 9.59 Å². The molecule has 5 heteroatoms. The molecule has 1 aromatic rings. The summed E-state index contributed by atoms with van der Waals surface area (Å²) in [6, 6.07) is 2.67. The van der Waals surface area contributed by atoms with Gasteiger partial charge in [-0.2, -0.15) is 0 Å². The van der Waals surface area contributed by atoms with Gasteiger partial charge in [-0.05, 0) is 24.6 Å². The van der Waals surface area contributed by atoms with E-state index in [0.29, 0.717) is 5.56 Å². The zero-order chi connectivity index (χ0) is 11.6. The van der Waals surface area contributed by atoms with Gasteiger partial charge in [0.05, 0.1) is 17.7 Å². The van der Waals surface area contributed by atoms with E-state index in [-0.39, 0.29) is 16.7 Å². The van der Waals surface area contributed by atoms with Crippen molar-refractivity contribution in [3.63, 3.8) is 0 Å². The van der Waals surface area contributed by atoms with Crippen LogP contribution in [0, 0.1) is 6.92 Å². The number of rotatable bonds is 3. The van der Waals surface area contributed by atoms with Gasteiger partial charge in [0.15, 0.2) is 0 Å². The van der Waals surface area contributed by atoms with Gasteiger partial charge in [0, 0.05) is 5.56 Å². The fourth-order valence-electron chi connectivity index (χ4n) is 1.37. The lowest BCUT2D eigenvalue weighted by molar-refractivity contribution is 0.0690. The number of benzene rings is 1. The number of aliphatic hydroxyl groups excluding tert-OH is 1. The molecule has 3 N–H and O–H groups in total. The van der Waals surface area contributed by atoms with E-state index in [0.717, 1.165) is 0 Å². The van der Waals surface area contributed by atoms with Crippen molar-refractivity contribution < 1.29 is 24.9 Å². The first-order chi connectivity index (χ1) is 6.97. The maximum Gasteiger partial charge on any atom is 0.336 e. The van der Waals surface area contributed by atoms with Crippen LogP contribution in [0.25, 0.3) is 0 Å². The van der Waals surface area contributed by atoms with Crippen molar-refractivity contribution in [2.75, 3.05) is 0 Å². The van der Waals surface area contributed by atoms with Crippen molar-refractivity contribution in [3.8, 4) is 0 Å². The smallest absolute Gasteiger partial charge is 0.336 e. The fourth-order valence-corrected chi connectivity index (χ4v) is 1.37. The molecule has 0 fully saturated rings. The van der Waals surface area contributed by atoms with Gasteiger partial charge >= 0.3 is 11.9 Å². The molecule has 0 saturated heterocycles. The third-order valence-electron chi connectivity index (χ3n) is 2.01. The molecule has 15 heavy (non-hydrogen) atoms.